The molecule has 0 aliphatic rings. The second-order valence-corrected chi connectivity index (χ2v) is 12.2. The predicted octanol–water partition coefficient (Wildman–Crippen LogP) is 3.46. The van der Waals surface area contributed by atoms with E-state index in [-0.39, 0.29) is 27.3 Å². The summed E-state index contributed by atoms with van der Waals surface area (Å²) in [6, 6.07) is 25.1. The van der Waals surface area contributed by atoms with Gasteiger partial charge in [-0.05, 0) is 20.8 Å². The maximum absolute atomic E-state index is 12.3. The van der Waals surface area contributed by atoms with Gasteiger partial charge in [0.2, 0.25) is 0 Å². The van der Waals surface area contributed by atoms with Crippen molar-refractivity contribution >= 4 is 33.3 Å². The molecule has 1 heterocycles. The van der Waals surface area contributed by atoms with Crippen molar-refractivity contribution in [3.63, 3.8) is 0 Å². The van der Waals surface area contributed by atoms with Gasteiger partial charge in [-0.15, -0.1) is 0 Å². The van der Waals surface area contributed by atoms with Crippen LogP contribution in [0, 0.1) is 7.14 Å². The van der Waals surface area contributed by atoms with Crippen molar-refractivity contribution in [2.75, 3.05) is 11.9 Å². The van der Waals surface area contributed by atoms with Crippen LogP contribution in [0.25, 0.3) is 20.8 Å². The molecule has 0 fully saturated rings. The molecule has 6 heteroatoms. The Morgan fingerprint density at radius 1 is 0.968 bits per heavy atom. The first kappa shape index (κ1) is 21.8. The molecule has 0 spiro atoms. The monoisotopic (exact) mass is 543 g/mol. The first-order valence-electron chi connectivity index (χ1n) is 9.96. The quantitative estimate of drug-likeness (QED) is 0.371. The molecule has 0 radical (unpaired) electrons. The van der Waals surface area contributed by atoms with Crippen molar-refractivity contribution in [3.05, 3.63) is 79.9 Å². The number of aromatic nitrogens is 1. The van der Waals surface area contributed by atoms with Crippen molar-refractivity contribution in [3.8, 4) is 10.6 Å². The average molecular weight is 543 g/mol. The number of hydrogen-bond acceptors (Lipinski definition) is 4. The van der Waals surface area contributed by atoms with Gasteiger partial charge in [0, 0.05) is 0 Å². The molecule has 4 nitrogen and oxygen atoms in total. The maximum atomic E-state index is 12.3. The van der Waals surface area contributed by atoms with Crippen LogP contribution in [-0.2, 0) is 4.74 Å². The van der Waals surface area contributed by atoms with Crippen molar-refractivity contribution < 1.29 is 30.7 Å². The molecule has 4 aromatic rings. The van der Waals surface area contributed by atoms with E-state index in [9.17, 15) is 4.79 Å². The average Bonchev–Trinajstić information content (AvgIpc) is 3.16. The molecule has 0 aliphatic heterocycles. The van der Waals surface area contributed by atoms with E-state index >= 15 is 0 Å². The van der Waals surface area contributed by atoms with Gasteiger partial charge in [-0.3, -0.25) is 0 Å². The van der Waals surface area contributed by atoms with Gasteiger partial charge >= 0.3 is 172 Å². The second-order valence-electron chi connectivity index (χ2n) is 8.11. The Morgan fingerprint density at radius 2 is 1.68 bits per heavy atom. The van der Waals surface area contributed by atoms with Crippen LogP contribution in [0.5, 0.6) is 0 Å². The molecule has 0 bridgehead atoms. The summed E-state index contributed by atoms with van der Waals surface area (Å²) in [5.74, 6) is 0. The van der Waals surface area contributed by atoms with Crippen LogP contribution < -0.4 is 26.1 Å². The molecule has 4 rings (SSSR count). The number of benzene rings is 3. The van der Waals surface area contributed by atoms with Crippen molar-refractivity contribution in [1.29, 1.82) is 0 Å². The summed E-state index contributed by atoms with van der Waals surface area (Å²) in [7, 11) is 1.72. The number of hydrogen-bond donors (Lipinski definition) is 0. The Labute approximate surface area is 197 Å². The zero-order chi connectivity index (χ0) is 22.0. The van der Waals surface area contributed by atoms with E-state index in [1.54, 1.807) is 18.4 Å². The Morgan fingerprint density at radius 3 is 2.35 bits per heavy atom. The van der Waals surface area contributed by atoms with Crippen LogP contribution >= 0.6 is 11.3 Å². The van der Waals surface area contributed by atoms with E-state index in [1.807, 2.05) is 45.0 Å². The molecule has 1 aromatic heterocycles. The number of halogens is 1. The third-order valence-corrected chi connectivity index (χ3v) is 8.17. The first-order chi connectivity index (χ1) is 14.8. The normalized spacial score (nSPS) is 11.6. The molecule has 0 saturated carbocycles. The van der Waals surface area contributed by atoms with Gasteiger partial charge in [0.25, 0.3) is 0 Å². The van der Waals surface area contributed by atoms with Gasteiger partial charge < -0.3 is 0 Å². The Hall–Kier alpha value is -2.45. The molecule has 3 aromatic carbocycles. The molecule has 0 N–H and O–H groups in total. The van der Waals surface area contributed by atoms with Crippen LogP contribution in [-0.4, -0.2) is 23.7 Å². The topological polar surface area (TPSA) is 42.4 Å². The van der Waals surface area contributed by atoms with Crippen molar-refractivity contribution in [2.24, 2.45) is 0 Å². The molecule has 0 saturated heterocycles. The zero-order valence-corrected chi connectivity index (χ0v) is 20.9. The first-order valence-corrected chi connectivity index (χ1v) is 12.9. The SMILES string of the molecule is CN(C(=O)OC(C)(C)C)c1ccc(-c2nc3ccc([I-]c4ccccc4)cc3s2)cc1. The number of nitrogens with zero attached hydrogens (tertiary/aromatic N) is 2. The standard InChI is InChI=1S/C25H24IN2O2S/c1-25(2,3)30-24(29)28(4)20-13-10-17(11-14-20)23-27-21-15-12-19(16-22(21)31-23)26-18-8-6-5-7-9-18/h5-16H,1-4H3/q-1. The van der Waals surface area contributed by atoms with Gasteiger partial charge in [0.05, 0.1) is 0 Å². The van der Waals surface area contributed by atoms with Crippen LogP contribution in [0.2, 0.25) is 0 Å². The van der Waals surface area contributed by atoms with Gasteiger partial charge in [-0.25, -0.2) is 0 Å². The minimum atomic E-state index is -0.520. The fourth-order valence-electron chi connectivity index (χ4n) is 2.95. The molecule has 31 heavy (non-hydrogen) atoms. The molecule has 0 atom stereocenters. The minimum absolute atomic E-state index is 0.191. The van der Waals surface area contributed by atoms with Gasteiger partial charge in [-0.2, -0.15) is 0 Å². The number of anilines is 1. The number of rotatable bonds is 4. The zero-order valence-electron chi connectivity index (χ0n) is 17.9. The van der Waals surface area contributed by atoms with E-state index in [0.717, 1.165) is 21.8 Å². The third kappa shape index (κ3) is 5.43. The fourth-order valence-corrected chi connectivity index (χ4v) is 6.49. The van der Waals surface area contributed by atoms with Crippen molar-refractivity contribution in [2.45, 2.75) is 26.4 Å². The summed E-state index contributed by atoms with van der Waals surface area (Å²) < 4.78 is 9.45. The Kier molecular flexibility index (Phi) is 6.29. The van der Waals surface area contributed by atoms with Crippen LogP contribution in [0.15, 0.2) is 72.8 Å². The summed E-state index contributed by atoms with van der Waals surface area (Å²) >= 11 is 1.51. The summed E-state index contributed by atoms with van der Waals surface area (Å²) in [5.41, 5.74) is 2.33. The molecule has 0 aliphatic carbocycles. The predicted molar refractivity (Wildman–Crippen MR) is 124 cm³/mol. The number of ether oxygens (including phenoxy) is 1. The number of thiazole rings is 1. The van der Waals surface area contributed by atoms with E-state index < -0.39 is 5.60 Å². The van der Waals surface area contributed by atoms with E-state index in [0.29, 0.717) is 0 Å². The number of fused-ring (bicyclic) bond motifs is 1. The Balaban J connectivity index is 1.52. The number of amides is 1. The number of carbonyl (C=O) groups excluding carboxylic acids is 1. The van der Waals surface area contributed by atoms with Crippen LogP contribution in [0.4, 0.5) is 10.5 Å². The summed E-state index contributed by atoms with van der Waals surface area (Å²) in [4.78, 5) is 18.6. The molecule has 0 unspecified atom stereocenters. The second kappa shape index (κ2) is 8.96. The molecule has 1 amide bonds. The van der Waals surface area contributed by atoms with Crippen molar-refractivity contribution in [1.82, 2.24) is 4.98 Å². The molecule has 160 valence electrons. The van der Waals surface area contributed by atoms with Gasteiger partial charge in [0.1, 0.15) is 5.60 Å². The van der Waals surface area contributed by atoms with Crippen LogP contribution in [0.3, 0.4) is 0 Å². The Bertz CT molecular complexity index is 1200. The van der Waals surface area contributed by atoms with E-state index in [1.165, 1.54) is 16.7 Å². The van der Waals surface area contributed by atoms with E-state index in [2.05, 4.69) is 48.5 Å². The summed E-state index contributed by atoms with van der Waals surface area (Å²) in [6.45, 7) is 5.59. The molecular formula is C25H24IN2O2S-. The van der Waals surface area contributed by atoms with Gasteiger partial charge in [-0.1, -0.05) is 0 Å². The summed E-state index contributed by atoms with van der Waals surface area (Å²) in [6.07, 6.45) is -0.366. The van der Waals surface area contributed by atoms with E-state index in [4.69, 9.17) is 9.72 Å². The number of carbonyl (C=O) groups is 1. The molecular weight excluding hydrogens is 519 g/mol. The third-order valence-electron chi connectivity index (χ3n) is 4.47. The fraction of sp³-hybridized carbons (Fsp3) is 0.200. The summed E-state index contributed by atoms with van der Waals surface area (Å²) in [5, 5.41) is 0.983. The van der Waals surface area contributed by atoms with Crippen LogP contribution in [0.1, 0.15) is 20.8 Å². The van der Waals surface area contributed by atoms with Gasteiger partial charge in [0.15, 0.2) is 0 Å².